The highest BCUT2D eigenvalue weighted by molar-refractivity contribution is 6.24. The summed E-state index contributed by atoms with van der Waals surface area (Å²) in [6, 6.07) is 0. The molecule has 1 aromatic heterocycles. The van der Waals surface area contributed by atoms with E-state index in [0.29, 0.717) is 6.54 Å². The van der Waals surface area contributed by atoms with Crippen LogP contribution in [-0.4, -0.2) is 27.8 Å². The van der Waals surface area contributed by atoms with Gasteiger partial charge in [-0.25, -0.2) is 4.98 Å². The van der Waals surface area contributed by atoms with E-state index in [1.54, 1.807) is 0 Å². The first-order valence-electron chi connectivity index (χ1n) is 4.37. The molecule has 0 spiro atoms. The Kier molecular flexibility index (Phi) is 2.36. The van der Waals surface area contributed by atoms with Crippen LogP contribution in [0.25, 0.3) is 0 Å². The van der Waals surface area contributed by atoms with Crippen molar-refractivity contribution in [1.29, 1.82) is 0 Å². The molecule has 1 aliphatic rings. The van der Waals surface area contributed by atoms with E-state index in [1.165, 1.54) is 11.2 Å². The molecule has 1 aliphatic heterocycles. The molecule has 1 atom stereocenters. The van der Waals surface area contributed by atoms with Gasteiger partial charge in [0.25, 0.3) is 5.56 Å². The lowest BCUT2D eigenvalue weighted by atomic mass is 10.4. The fraction of sp³-hybridized carbons (Fsp3) is 0.375. The van der Waals surface area contributed by atoms with Crippen molar-refractivity contribution in [2.24, 2.45) is 0 Å². The first-order chi connectivity index (χ1) is 7.09. The van der Waals surface area contributed by atoms with E-state index in [9.17, 15) is 9.59 Å². The standard InChI is InChI=1S/C8H9ClN4O2/c9-4-1-5(14)13(2-4)7-6(10)8(15)12-3-11-7/h3-4H,1-2,10H2,(H,11,12,15). The van der Waals surface area contributed by atoms with Crippen molar-refractivity contribution in [1.82, 2.24) is 9.97 Å². The number of H-pyrrole nitrogens is 1. The third kappa shape index (κ3) is 1.68. The second-order valence-electron chi connectivity index (χ2n) is 3.27. The van der Waals surface area contributed by atoms with Gasteiger partial charge in [0.15, 0.2) is 5.82 Å². The average Bonchev–Trinajstić information content (AvgIpc) is 2.50. The number of carbonyl (C=O) groups excluding carboxylic acids is 1. The van der Waals surface area contributed by atoms with E-state index in [2.05, 4.69) is 9.97 Å². The Morgan fingerprint density at radius 2 is 2.33 bits per heavy atom. The Morgan fingerprint density at radius 1 is 1.60 bits per heavy atom. The van der Waals surface area contributed by atoms with E-state index in [1.807, 2.05) is 0 Å². The third-order valence-corrected chi connectivity index (χ3v) is 2.49. The predicted octanol–water partition coefficient (Wildman–Crippen LogP) is -0.304. The summed E-state index contributed by atoms with van der Waals surface area (Å²) in [4.78, 5) is 30.2. The van der Waals surface area contributed by atoms with Crippen LogP contribution in [0.15, 0.2) is 11.1 Å². The van der Waals surface area contributed by atoms with Gasteiger partial charge in [0.2, 0.25) is 5.91 Å². The van der Waals surface area contributed by atoms with Gasteiger partial charge in [-0.2, -0.15) is 0 Å². The number of hydrogen-bond acceptors (Lipinski definition) is 4. The molecule has 1 saturated heterocycles. The first kappa shape index (κ1) is 9.97. The smallest absolute Gasteiger partial charge is 0.276 e. The Bertz CT molecular complexity index is 458. The number of nitrogens with one attached hydrogen (secondary N) is 1. The molecule has 1 unspecified atom stereocenters. The van der Waals surface area contributed by atoms with Gasteiger partial charge in [0.1, 0.15) is 5.69 Å². The van der Waals surface area contributed by atoms with E-state index in [-0.39, 0.29) is 29.2 Å². The molecule has 0 saturated carbocycles. The van der Waals surface area contributed by atoms with Crippen LogP contribution in [0.5, 0.6) is 0 Å². The molecule has 1 fully saturated rings. The van der Waals surface area contributed by atoms with Crippen LogP contribution in [-0.2, 0) is 4.79 Å². The number of nitrogens with zero attached hydrogens (tertiary/aromatic N) is 2. The van der Waals surface area contributed by atoms with Crippen LogP contribution in [0.3, 0.4) is 0 Å². The summed E-state index contributed by atoms with van der Waals surface area (Å²) in [5.74, 6) is 0.0201. The van der Waals surface area contributed by atoms with Crippen LogP contribution in [0.4, 0.5) is 11.5 Å². The summed E-state index contributed by atoms with van der Waals surface area (Å²) in [6.45, 7) is 0.334. The number of aromatic nitrogens is 2. The number of hydrogen-bond donors (Lipinski definition) is 2. The quantitative estimate of drug-likeness (QED) is 0.646. The van der Waals surface area contributed by atoms with E-state index in [0.717, 1.165) is 0 Å². The summed E-state index contributed by atoms with van der Waals surface area (Å²) in [5, 5.41) is -0.252. The molecule has 3 N–H and O–H groups in total. The second kappa shape index (κ2) is 3.54. The van der Waals surface area contributed by atoms with Gasteiger partial charge in [0.05, 0.1) is 11.7 Å². The number of nitrogens with two attached hydrogens (primary N) is 1. The van der Waals surface area contributed by atoms with Crippen LogP contribution in [0.1, 0.15) is 6.42 Å². The molecule has 0 aromatic carbocycles. The molecule has 0 bridgehead atoms. The van der Waals surface area contributed by atoms with Crippen molar-refractivity contribution in [2.45, 2.75) is 11.8 Å². The summed E-state index contributed by atoms with van der Waals surface area (Å²) >= 11 is 5.83. The maximum Gasteiger partial charge on any atom is 0.276 e. The summed E-state index contributed by atoms with van der Waals surface area (Å²) < 4.78 is 0. The Balaban J connectivity index is 2.42. The van der Waals surface area contributed by atoms with Crippen molar-refractivity contribution in [3.8, 4) is 0 Å². The van der Waals surface area contributed by atoms with Crippen LogP contribution < -0.4 is 16.2 Å². The molecular formula is C8H9ClN4O2. The summed E-state index contributed by atoms with van der Waals surface area (Å²) in [6.07, 6.45) is 1.46. The van der Waals surface area contributed by atoms with Crippen LogP contribution >= 0.6 is 11.6 Å². The third-order valence-electron chi connectivity index (χ3n) is 2.20. The van der Waals surface area contributed by atoms with E-state index >= 15 is 0 Å². The molecule has 2 rings (SSSR count). The van der Waals surface area contributed by atoms with E-state index in [4.69, 9.17) is 17.3 Å². The van der Waals surface area contributed by atoms with Crippen LogP contribution in [0.2, 0.25) is 0 Å². The molecule has 15 heavy (non-hydrogen) atoms. The zero-order valence-electron chi connectivity index (χ0n) is 7.74. The lowest BCUT2D eigenvalue weighted by molar-refractivity contribution is -0.117. The van der Waals surface area contributed by atoms with Crippen molar-refractivity contribution >= 4 is 29.0 Å². The molecule has 7 heteroatoms. The van der Waals surface area contributed by atoms with Crippen molar-refractivity contribution in [3.05, 3.63) is 16.7 Å². The maximum absolute atomic E-state index is 11.5. The minimum absolute atomic E-state index is 0.0587. The zero-order valence-corrected chi connectivity index (χ0v) is 8.49. The van der Waals surface area contributed by atoms with Crippen molar-refractivity contribution in [2.75, 3.05) is 17.2 Å². The number of alkyl halides is 1. The van der Waals surface area contributed by atoms with Gasteiger partial charge in [-0.15, -0.1) is 11.6 Å². The van der Waals surface area contributed by atoms with Gasteiger partial charge in [-0.3, -0.25) is 14.5 Å². The highest BCUT2D eigenvalue weighted by Gasteiger charge is 2.31. The summed E-state index contributed by atoms with van der Waals surface area (Å²) in [7, 11) is 0. The number of aromatic amines is 1. The SMILES string of the molecule is Nc1c(N2CC(Cl)CC2=O)nc[nH]c1=O. The number of rotatable bonds is 1. The Labute approximate surface area is 90.1 Å². The average molecular weight is 229 g/mol. The maximum atomic E-state index is 11.5. The van der Waals surface area contributed by atoms with Gasteiger partial charge >= 0.3 is 0 Å². The van der Waals surface area contributed by atoms with Crippen molar-refractivity contribution < 1.29 is 4.79 Å². The van der Waals surface area contributed by atoms with Gasteiger partial charge in [-0.1, -0.05) is 0 Å². The normalized spacial score (nSPS) is 21.0. The number of anilines is 2. The number of carbonyl (C=O) groups is 1. The van der Waals surface area contributed by atoms with Crippen LogP contribution in [0, 0.1) is 0 Å². The molecule has 6 nitrogen and oxygen atoms in total. The fourth-order valence-corrected chi connectivity index (χ4v) is 1.75. The minimum Gasteiger partial charge on any atom is -0.391 e. The number of halogens is 1. The monoisotopic (exact) mass is 228 g/mol. The molecule has 0 aliphatic carbocycles. The fourth-order valence-electron chi connectivity index (χ4n) is 1.48. The molecule has 80 valence electrons. The predicted molar refractivity (Wildman–Crippen MR) is 55.9 cm³/mol. The largest absolute Gasteiger partial charge is 0.391 e. The highest BCUT2D eigenvalue weighted by Crippen LogP contribution is 2.24. The molecule has 0 radical (unpaired) electrons. The Morgan fingerprint density at radius 3 is 2.93 bits per heavy atom. The summed E-state index contributed by atoms with van der Waals surface area (Å²) in [5.41, 5.74) is 5.02. The molecule has 1 aromatic rings. The number of amides is 1. The molecule has 2 heterocycles. The first-order valence-corrected chi connectivity index (χ1v) is 4.81. The van der Waals surface area contributed by atoms with Gasteiger partial charge in [0, 0.05) is 13.0 Å². The van der Waals surface area contributed by atoms with Gasteiger partial charge < -0.3 is 10.7 Å². The minimum atomic E-state index is -0.453. The lowest BCUT2D eigenvalue weighted by Crippen LogP contribution is -2.29. The van der Waals surface area contributed by atoms with Crippen molar-refractivity contribution in [3.63, 3.8) is 0 Å². The molecular weight excluding hydrogens is 220 g/mol. The number of nitrogen functional groups attached to an aromatic ring is 1. The topological polar surface area (TPSA) is 92.1 Å². The zero-order chi connectivity index (χ0) is 11.0. The Hall–Kier alpha value is -1.56. The van der Waals surface area contributed by atoms with E-state index < -0.39 is 5.56 Å². The second-order valence-corrected chi connectivity index (χ2v) is 3.89. The van der Waals surface area contributed by atoms with Gasteiger partial charge in [-0.05, 0) is 0 Å². The molecule has 1 amide bonds. The highest BCUT2D eigenvalue weighted by atomic mass is 35.5. The lowest BCUT2D eigenvalue weighted by Gasteiger charge is -2.15.